The lowest BCUT2D eigenvalue weighted by Crippen LogP contribution is -2.10. The van der Waals surface area contributed by atoms with Crippen LogP contribution in [0.2, 0.25) is 5.02 Å². The molecule has 0 saturated heterocycles. The first kappa shape index (κ1) is 24.5. The fourth-order valence-corrected chi connectivity index (χ4v) is 3.73. The fourth-order valence-electron chi connectivity index (χ4n) is 3.16. The number of carbonyl (C=O) groups excluding carboxylic acids is 1. The highest BCUT2D eigenvalue weighted by atomic mass is 35.5. The predicted octanol–water partition coefficient (Wildman–Crippen LogP) is 3.50. The average molecular weight is 489 g/mol. The van der Waals surface area contributed by atoms with Gasteiger partial charge in [0, 0.05) is 23.2 Å². The van der Waals surface area contributed by atoms with Gasteiger partial charge in [-0.05, 0) is 49.1 Å². The van der Waals surface area contributed by atoms with Gasteiger partial charge in [0.15, 0.2) is 0 Å². The number of rotatable bonds is 10. The molecule has 0 spiro atoms. The highest BCUT2D eigenvalue weighted by Gasteiger charge is 2.10. The molecule has 0 bridgehead atoms. The lowest BCUT2D eigenvalue weighted by atomic mass is 10.1. The summed E-state index contributed by atoms with van der Waals surface area (Å²) in [5.41, 5.74) is 9.85. The van der Waals surface area contributed by atoms with Crippen molar-refractivity contribution in [3.8, 4) is 11.3 Å². The minimum absolute atomic E-state index is 0.00668. The number of nitrogens with zero attached hydrogens (tertiary/aromatic N) is 2. The summed E-state index contributed by atoms with van der Waals surface area (Å²) < 4.78 is 26.1. The second-order valence-electron chi connectivity index (χ2n) is 7.33. The molecule has 2 aromatic carbocycles. The molecule has 0 atom stereocenters. The van der Waals surface area contributed by atoms with Crippen LogP contribution >= 0.6 is 11.6 Å². The molecule has 3 N–H and O–H groups in total. The lowest BCUT2D eigenvalue weighted by Gasteiger charge is -2.11. The number of ether oxygens (including phenoxy) is 1. The average Bonchev–Trinajstić information content (AvgIpc) is 2.78. The van der Waals surface area contributed by atoms with Crippen LogP contribution in [0.4, 0.5) is 11.8 Å². The maximum absolute atomic E-state index is 12.0. The molecule has 0 unspecified atom stereocenters. The van der Waals surface area contributed by atoms with E-state index >= 15 is 0 Å². The van der Waals surface area contributed by atoms with Crippen molar-refractivity contribution in [2.45, 2.75) is 19.8 Å². The number of esters is 1. The van der Waals surface area contributed by atoms with Crippen LogP contribution in [0.15, 0.2) is 48.5 Å². The van der Waals surface area contributed by atoms with Crippen molar-refractivity contribution >= 4 is 40.0 Å². The Labute approximate surface area is 199 Å². The summed E-state index contributed by atoms with van der Waals surface area (Å²) in [6.45, 7) is 2.60. The van der Waals surface area contributed by atoms with Crippen molar-refractivity contribution in [2.24, 2.45) is 0 Å². The molecule has 0 aliphatic carbocycles. The SMILES string of the molecule is Cc1c(Cl)cccc1-c1cc(NCCc2ccc(C(=O)OCCC[SH](=O)=O)cc2)nc(N)n1. The Bertz CT molecular complexity index is 1190. The van der Waals surface area contributed by atoms with Crippen LogP contribution in [0, 0.1) is 6.92 Å². The zero-order valence-corrected chi connectivity index (χ0v) is 19.7. The molecule has 0 fully saturated rings. The van der Waals surface area contributed by atoms with Gasteiger partial charge in [0.25, 0.3) is 0 Å². The Morgan fingerprint density at radius 1 is 1.15 bits per heavy atom. The molecule has 3 rings (SSSR count). The first-order chi connectivity index (χ1) is 15.8. The second kappa shape index (κ2) is 11.6. The van der Waals surface area contributed by atoms with E-state index in [-0.39, 0.29) is 18.3 Å². The van der Waals surface area contributed by atoms with Crippen molar-refractivity contribution in [2.75, 3.05) is 30.0 Å². The third-order valence-corrected chi connectivity index (χ3v) is 6.01. The molecule has 0 aliphatic heterocycles. The summed E-state index contributed by atoms with van der Waals surface area (Å²) >= 11 is 6.23. The molecule has 3 aromatic rings. The molecular weight excluding hydrogens is 464 g/mol. The first-order valence-corrected chi connectivity index (χ1v) is 12.1. The van der Waals surface area contributed by atoms with Gasteiger partial charge in [-0.25, -0.2) is 18.2 Å². The summed E-state index contributed by atoms with van der Waals surface area (Å²) in [7, 11) is -2.45. The van der Waals surface area contributed by atoms with E-state index < -0.39 is 16.7 Å². The maximum atomic E-state index is 12.0. The van der Waals surface area contributed by atoms with Crippen LogP contribution in [0.1, 0.15) is 27.9 Å². The quantitative estimate of drug-likeness (QED) is 0.225. The molecule has 0 amide bonds. The van der Waals surface area contributed by atoms with Gasteiger partial charge in [-0.3, -0.25) is 0 Å². The van der Waals surface area contributed by atoms with Crippen LogP contribution < -0.4 is 11.1 Å². The van der Waals surface area contributed by atoms with E-state index in [9.17, 15) is 13.2 Å². The monoisotopic (exact) mass is 488 g/mol. The van der Waals surface area contributed by atoms with E-state index in [4.69, 9.17) is 22.1 Å². The Hall–Kier alpha value is -3.17. The van der Waals surface area contributed by atoms with Crippen LogP contribution in [-0.2, 0) is 21.9 Å². The number of benzene rings is 2. The van der Waals surface area contributed by atoms with Gasteiger partial charge in [0.1, 0.15) is 16.5 Å². The van der Waals surface area contributed by atoms with Crippen molar-refractivity contribution in [1.82, 2.24) is 9.97 Å². The summed E-state index contributed by atoms with van der Waals surface area (Å²) in [6, 6.07) is 14.5. The summed E-state index contributed by atoms with van der Waals surface area (Å²) in [4.78, 5) is 20.6. The van der Waals surface area contributed by atoms with E-state index in [0.717, 1.165) is 16.7 Å². The normalized spacial score (nSPS) is 10.9. The zero-order chi connectivity index (χ0) is 23.8. The van der Waals surface area contributed by atoms with Crippen molar-refractivity contribution in [3.05, 3.63) is 70.2 Å². The highest BCUT2D eigenvalue weighted by Crippen LogP contribution is 2.28. The second-order valence-corrected chi connectivity index (χ2v) is 8.85. The maximum Gasteiger partial charge on any atom is 0.338 e. The van der Waals surface area contributed by atoms with Gasteiger partial charge in [0.05, 0.1) is 23.6 Å². The Kier molecular flexibility index (Phi) is 8.62. The Balaban J connectivity index is 1.55. The van der Waals surface area contributed by atoms with E-state index in [1.807, 2.05) is 43.3 Å². The number of halogens is 1. The molecule has 1 aromatic heterocycles. The van der Waals surface area contributed by atoms with Gasteiger partial charge in [-0.1, -0.05) is 35.9 Å². The summed E-state index contributed by atoms with van der Waals surface area (Å²) in [5.74, 6) is 0.310. The van der Waals surface area contributed by atoms with Crippen molar-refractivity contribution in [3.63, 3.8) is 0 Å². The minimum Gasteiger partial charge on any atom is -0.462 e. The van der Waals surface area contributed by atoms with Gasteiger partial charge >= 0.3 is 5.97 Å². The van der Waals surface area contributed by atoms with E-state index in [2.05, 4.69) is 15.3 Å². The number of anilines is 2. The topological polar surface area (TPSA) is 124 Å². The molecule has 174 valence electrons. The standard InChI is InChI=1S/C23H25ClN4O4S/c1-15-18(4-2-5-19(15)24)20-14-21(28-23(25)27-20)26-11-10-16-6-8-17(9-7-16)22(29)32-12-3-13-33(30)31/h2,4-9,14,33H,3,10-13H2,1H3,(H3,25,26,27,28). The number of hydrogen-bond acceptors (Lipinski definition) is 8. The summed E-state index contributed by atoms with van der Waals surface area (Å²) in [5, 5.41) is 3.91. The lowest BCUT2D eigenvalue weighted by molar-refractivity contribution is 0.0506. The van der Waals surface area contributed by atoms with E-state index in [1.165, 1.54) is 0 Å². The Morgan fingerprint density at radius 2 is 1.91 bits per heavy atom. The predicted molar refractivity (Wildman–Crippen MR) is 130 cm³/mol. The third kappa shape index (κ3) is 7.16. The summed E-state index contributed by atoms with van der Waals surface area (Å²) in [6.07, 6.45) is 0.988. The molecular formula is C23H25ClN4O4S. The minimum atomic E-state index is -2.45. The molecule has 8 nitrogen and oxygen atoms in total. The number of aromatic nitrogens is 2. The number of hydrogen-bond donors (Lipinski definition) is 3. The largest absolute Gasteiger partial charge is 0.462 e. The third-order valence-electron chi connectivity index (χ3n) is 4.91. The van der Waals surface area contributed by atoms with E-state index in [1.54, 1.807) is 12.1 Å². The smallest absolute Gasteiger partial charge is 0.338 e. The number of nitrogen functional groups attached to an aromatic ring is 1. The molecule has 0 saturated carbocycles. The molecule has 10 heteroatoms. The molecule has 0 aliphatic rings. The fraction of sp³-hybridized carbons (Fsp3) is 0.261. The number of thiol groups is 1. The number of nitrogens with two attached hydrogens (primary N) is 1. The first-order valence-electron chi connectivity index (χ1n) is 10.4. The molecule has 1 heterocycles. The van der Waals surface area contributed by atoms with Gasteiger partial charge in [0.2, 0.25) is 5.95 Å². The van der Waals surface area contributed by atoms with Crippen LogP contribution in [0.5, 0.6) is 0 Å². The highest BCUT2D eigenvalue weighted by molar-refractivity contribution is 7.72. The molecule has 33 heavy (non-hydrogen) atoms. The Morgan fingerprint density at radius 3 is 2.64 bits per heavy atom. The number of nitrogens with one attached hydrogen (secondary N) is 1. The number of carbonyl (C=O) groups is 1. The van der Waals surface area contributed by atoms with Crippen LogP contribution in [0.25, 0.3) is 11.3 Å². The van der Waals surface area contributed by atoms with Crippen molar-refractivity contribution < 1.29 is 17.9 Å². The van der Waals surface area contributed by atoms with E-state index in [0.29, 0.717) is 41.5 Å². The van der Waals surface area contributed by atoms with Crippen LogP contribution in [0.3, 0.4) is 0 Å². The van der Waals surface area contributed by atoms with Gasteiger partial charge in [-0.15, -0.1) is 0 Å². The molecule has 0 radical (unpaired) electrons. The van der Waals surface area contributed by atoms with Gasteiger partial charge < -0.3 is 15.8 Å². The van der Waals surface area contributed by atoms with Gasteiger partial charge in [-0.2, -0.15) is 4.98 Å². The van der Waals surface area contributed by atoms with Crippen molar-refractivity contribution in [1.29, 1.82) is 0 Å². The zero-order valence-electron chi connectivity index (χ0n) is 18.1. The van der Waals surface area contributed by atoms with Crippen LogP contribution in [-0.4, -0.2) is 43.3 Å².